The van der Waals surface area contributed by atoms with Crippen molar-refractivity contribution in [3.63, 3.8) is 0 Å². The van der Waals surface area contributed by atoms with Gasteiger partial charge in [-0.3, -0.25) is 4.79 Å². The first kappa shape index (κ1) is 19.2. The molecule has 0 aromatic carbocycles. The van der Waals surface area contributed by atoms with Gasteiger partial charge in [0.05, 0.1) is 5.92 Å². The van der Waals surface area contributed by atoms with Gasteiger partial charge in [-0.2, -0.15) is 0 Å². The zero-order valence-electron chi connectivity index (χ0n) is 11.9. The van der Waals surface area contributed by atoms with Gasteiger partial charge < -0.3 is 11.1 Å². The van der Waals surface area contributed by atoms with Crippen LogP contribution in [0.25, 0.3) is 0 Å². The van der Waals surface area contributed by atoms with Gasteiger partial charge in [0.25, 0.3) is 0 Å². The highest BCUT2D eigenvalue weighted by atomic mass is 35.5. The predicted molar refractivity (Wildman–Crippen MR) is 86.7 cm³/mol. The normalized spacial score (nSPS) is 25.1. The second-order valence-electron chi connectivity index (χ2n) is 5.46. The number of carbonyl (C=O) groups is 1. The number of carbonyl (C=O) groups excluding carboxylic acids is 1. The van der Waals surface area contributed by atoms with Gasteiger partial charge in [-0.15, -0.1) is 24.8 Å². The standard InChI is InChI=1S/C14H21N3O.2ClH/c1-10-6-5-8-12(16-10)17-13(18)11-7-3-4-9-14(11,2)15;;/h5-6,8,11H,3-4,7,9,15H2,1-2H3,(H,16,17,18);2*1H. The monoisotopic (exact) mass is 319 g/mol. The van der Waals surface area contributed by atoms with Crippen molar-refractivity contribution in [2.75, 3.05) is 5.32 Å². The van der Waals surface area contributed by atoms with Crippen molar-refractivity contribution in [2.45, 2.75) is 45.1 Å². The molecule has 20 heavy (non-hydrogen) atoms. The van der Waals surface area contributed by atoms with Crippen LogP contribution in [0.4, 0.5) is 5.82 Å². The Morgan fingerprint density at radius 3 is 2.70 bits per heavy atom. The van der Waals surface area contributed by atoms with Crippen LogP contribution in [0.1, 0.15) is 38.3 Å². The van der Waals surface area contributed by atoms with Gasteiger partial charge in [0.2, 0.25) is 5.91 Å². The van der Waals surface area contributed by atoms with E-state index in [9.17, 15) is 4.79 Å². The lowest BCUT2D eigenvalue weighted by Gasteiger charge is -2.37. The van der Waals surface area contributed by atoms with Gasteiger partial charge >= 0.3 is 0 Å². The molecule has 1 heterocycles. The molecule has 1 fully saturated rings. The van der Waals surface area contributed by atoms with E-state index in [0.717, 1.165) is 31.4 Å². The van der Waals surface area contributed by atoms with Crippen molar-refractivity contribution in [1.82, 2.24) is 4.98 Å². The summed E-state index contributed by atoms with van der Waals surface area (Å²) in [6.45, 7) is 3.88. The zero-order chi connectivity index (χ0) is 13.2. The molecule has 2 unspecified atom stereocenters. The smallest absolute Gasteiger partial charge is 0.230 e. The van der Waals surface area contributed by atoms with Crippen molar-refractivity contribution >= 4 is 36.5 Å². The van der Waals surface area contributed by atoms with Gasteiger partial charge in [-0.25, -0.2) is 4.98 Å². The Hall–Kier alpha value is -0.840. The van der Waals surface area contributed by atoms with Crippen LogP contribution in [-0.2, 0) is 4.79 Å². The summed E-state index contributed by atoms with van der Waals surface area (Å²) in [7, 11) is 0. The van der Waals surface area contributed by atoms with Crippen molar-refractivity contribution < 1.29 is 4.79 Å². The van der Waals surface area contributed by atoms with Crippen molar-refractivity contribution in [3.05, 3.63) is 23.9 Å². The maximum Gasteiger partial charge on any atom is 0.230 e. The third-order valence-electron chi connectivity index (χ3n) is 3.71. The van der Waals surface area contributed by atoms with E-state index in [1.807, 2.05) is 32.0 Å². The Morgan fingerprint density at radius 1 is 1.40 bits per heavy atom. The third kappa shape index (κ3) is 4.62. The van der Waals surface area contributed by atoms with E-state index in [4.69, 9.17) is 5.73 Å². The van der Waals surface area contributed by atoms with Crippen molar-refractivity contribution in [2.24, 2.45) is 11.7 Å². The fourth-order valence-electron chi connectivity index (χ4n) is 2.61. The van der Waals surface area contributed by atoms with Crippen LogP contribution in [0.2, 0.25) is 0 Å². The second kappa shape index (κ2) is 7.81. The number of nitrogens with zero attached hydrogens (tertiary/aromatic N) is 1. The molecule has 1 aromatic heterocycles. The number of anilines is 1. The number of aryl methyl sites for hydroxylation is 1. The van der Waals surface area contributed by atoms with Crippen LogP contribution < -0.4 is 11.1 Å². The average Bonchev–Trinajstić information content (AvgIpc) is 2.28. The molecule has 0 spiro atoms. The van der Waals surface area contributed by atoms with Crippen LogP contribution in [0.5, 0.6) is 0 Å². The summed E-state index contributed by atoms with van der Waals surface area (Å²) >= 11 is 0. The maximum atomic E-state index is 12.3. The highest BCUT2D eigenvalue weighted by molar-refractivity contribution is 5.92. The summed E-state index contributed by atoms with van der Waals surface area (Å²) in [5.41, 5.74) is 6.72. The molecule has 2 atom stereocenters. The van der Waals surface area contributed by atoms with E-state index in [1.165, 1.54) is 0 Å². The Balaban J connectivity index is 0.00000180. The molecule has 1 saturated carbocycles. The Bertz CT molecular complexity index is 452. The number of halogens is 2. The van der Waals surface area contributed by atoms with Crippen LogP contribution in [0.15, 0.2) is 18.2 Å². The van der Waals surface area contributed by atoms with E-state index in [0.29, 0.717) is 5.82 Å². The molecule has 0 aliphatic heterocycles. The summed E-state index contributed by atoms with van der Waals surface area (Å²) in [6.07, 6.45) is 3.96. The Morgan fingerprint density at radius 2 is 2.10 bits per heavy atom. The number of rotatable bonds is 2. The fourth-order valence-corrected chi connectivity index (χ4v) is 2.61. The number of hydrogen-bond acceptors (Lipinski definition) is 3. The molecule has 1 amide bonds. The molecule has 3 N–H and O–H groups in total. The molecule has 114 valence electrons. The van der Waals surface area contributed by atoms with Gasteiger partial charge in [-0.1, -0.05) is 18.9 Å². The number of amides is 1. The third-order valence-corrected chi connectivity index (χ3v) is 3.71. The largest absolute Gasteiger partial charge is 0.325 e. The number of nitrogens with two attached hydrogens (primary N) is 1. The number of nitrogens with one attached hydrogen (secondary N) is 1. The Labute approximate surface area is 132 Å². The van der Waals surface area contributed by atoms with Gasteiger partial charge in [0.15, 0.2) is 0 Å². The molecule has 6 heteroatoms. The van der Waals surface area contributed by atoms with E-state index < -0.39 is 5.54 Å². The molecule has 1 aliphatic rings. The number of aromatic nitrogens is 1. The highest BCUT2D eigenvalue weighted by Gasteiger charge is 2.37. The Kier molecular flexibility index (Phi) is 7.49. The number of pyridine rings is 1. The van der Waals surface area contributed by atoms with Crippen LogP contribution in [0, 0.1) is 12.8 Å². The first-order chi connectivity index (χ1) is 8.49. The quantitative estimate of drug-likeness (QED) is 0.880. The van der Waals surface area contributed by atoms with Crippen LogP contribution in [0.3, 0.4) is 0 Å². The van der Waals surface area contributed by atoms with Gasteiger partial charge in [0, 0.05) is 11.2 Å². The molecule has 0 saturated heterocycles. The predicted octanol–water partition coefficient (Wildman–Crippen LogP) is 3.08. The average molecular weight is 320 g/mol. The molecule has 4 nitrogen and oxygen atoms in total. The zero-order valence-corrected chi connectivity index (χ0v) is 13.5. The maximum absolute atomic E-state index is 12.3. The highest BCUT2D eigenvalue weighted by Crippen LogP contribution is 2.32. The molecule has 0 radical (unpaired) electrons. The molecule has 2 rings (SSSR count). The second-order valence-corrected chi connectivity index (χ2v) is 5.46. The van der Waals surface area contributed by atoms with E-state index in [2.05, 4.69) is 10.3 Å². The van der Waals surface area contributed by atoms with Crippen LogP contribution in [-0.4, -0.2) is 16.4 Å². The summed E-state index contributed by atoms with van der Waals surface area (Å²) in [4.78, 5) is 16.5. The molecular formula is C14H23Cl2N3O. The van der Waals surface area contributed by atoms with Gasteiger partial charge in [0.1, 0.15) is 5.82 Å². The number of hydrogen-bond donors (Lipinski definition) is 2. The molecule has 1 aromatic rings. The first-order valence-corrected chi connectivity index (χ1v) is 6.52. The summed E-state index contributed by atoms with van der Waals surface area (Å²) in [5.74, 6) is 0.493. The van der Waals surface area contributed by atoms with Gasteiger partial charge in [-0.05, 0) is 38.8 Å². The first-order valence-electron chi connectivity index (χ1n) is 6.52. The summed E-state index contributed by atoms with van der Waals surface area (Å²) < 4.78 is 0. The van der Waals surface area contributed by atoms with Crippen LogP contribution >= 0.6 is 24.8 Å². The molecular weight excluding hydrogens is 297 g/mol. The van der Waals surface area contributed by atoms with E-state index in [-0.39, 0.29) is 36.6 Å². The lowest BCUT2D eigenvalue weighted by molar-refractivity contribution is -0.122. The molecule has 1 aliphatic carbocycles. The minimum atomic E-state index is -0.397. The van der Waals surface area contributed by atoms with Crippen molar-refractivity contribution in [1.29, 1.82) is 0 Å². The van der Waals surface area contributed by atoms with E-state index in [1.54, 1.807) is 0 Å². The molecule has 0 bridgehead atoms. The SMILES string of the molecule is Cc1cccc(NC(=O)C2CCCCC2(C)N)n1.Cl.Cl. The summed E-state index contributed by atoms with van der Waals surface area (Å²) in [6, 6.07) is 5.60. The minimum absolute atomic E-state index is 0. The lowest BCUT2D eigenvalue weighted by atomic mass is 9.74. The lowest BCUT2D eigenvalue weighted by Crippen LogP contribution is -2.51. The summed E-state index contributed by atoms with van der Waals surface area (Å²) in [5, 5.41) is 2.88. The van der Waals surface area contributed by atoms with E-state index >= 15 is 0 Å². The van der Waals surface area contributed by atoms with Crippen molar-refractivity contribution in [3.8, 4) is 0 Å². The fraction of sp³-hybridized carbons (Fsp3) is 0.571. The minimum Gasteiger partial charge on any atom is -0.325 e. The topological polar surface area (TPSA) is 68.0 Å².